The highest BCUT2D eigenvalue weighted by molar-refractivity contribution is 7.30. The van der Waals surface area contributed by atoms with Crippen molar-refractivity contribution in [1.82, 2.24) is 0 Å². The average molecular weight is 482 g/mol. The molecular formula is C16H18Cl2N3O8P. The number of non-ortho nitro benzene ring substituents is 1. The largest absolute Gasteiger partial charge is 0.454 e. The number of nitrogens with one attached hydrogen (secondary N) is 1. The molecule has 0 saturated carbocycles. The van der Waals surface area contributed by atoms with Crippen LogP contribution in [0.5, 0.6) is 11.5 Å². The molecule has 0 bridgehead atoms. The smallest absolute Gasteiger partial charge is 0.314 e. The van der Waals surface area contributed by atoms with Gasteiger partial charge in [-0.15, -0.1) is 0 Å². The van der Waals surface area contributed by atoms with Crippen molar-refractivity contribution in [3.8, 4) is 11.5 Å². The van der Waals surface area contributed by atoms with Crippen molar-refractivity contribution in [3.05, 3.63) is 60.6 Å². The molecule has 0 spiro atoms. The number of ether oxygens (including phenoxy) is 1. The van der Waals surface area contributed by atoms with Gasteiger partial charge in [-0.2, -0.15) is 0 Å². The van der Waals surface area contributed by atoms with Crippen LogP contribution >= 0.6 is 31.5 Å². The normalized spacial score (nSPS) is 10.8. The molecule has 30 heavy (non-hydrogen) atoms. The van der Waals surface area contributed by atoms with E-state index in [0.717, 1.165) is 12.1 Å². The number of benzene rings is 2. The first-order chi connectivity index (χ1) is 13.7. The van der Waals surface area contributed by atoms with Crippen LogP contribution in [0.4, 0.5) is 17.1 Å². The summed E-state index contributed by atoms with van der Waals surface area (Å²) >= 11 is 12.0. The van der Waals surface area contributed by atoms with E-state index in [1.54, 1.807) is 0 Å². The Morgan fingerprint density at radius 1 is 1.03 bits per heavy atom. The molecular weight excluding hydrogens is 464 g/mol. The SMILES string of the molecule is CC(C)(C)Nc1cc(Oc2c(Cl)cc([N+](=O)[O-])cc2Cl)ccc1[N+](=O)[O-].O=[PH](O)O. The fourth-order valence-corrected chi connectivity index (χ4v) is 2.66. The second kappa shape index (κ2) is 10.6. The summed E-state index contributed by atoms with van der Waals surface area (Å²) in [5.74, 6) is 0.259. The lowest BCUT2D eigenvalue weighted by Crippen LogP contribution is -2.26. The molecule has 11 nitrogen and oxygen atoms in total. The molecule has 0 heterocycles. The summed E-state index contributed by atoms with van der Waals surface area (Å²) in [6.07, 6.45) is 0. The first-order valence-corrected chi connectivity index (χ1v) is 10.1. The molecule has 2 aromatic rings. The van der Waals surface area contributed by atoms with Crippen molar-refractivity contribution < 1.29 is 28.9 Å². The monoisotopic (exact) mass is 481 g/mol. The van der Waals surface area contributed by atoms with E-state index in [2.05, 4.69) is 5.32 Å². The Morgan fingerprint density at radius 3 is 1.93 bits per heavy atom. The van der Waals surface area contributed by atoms with Gasteiger partial charge in [0.25, 0.3) is 11.4 Å². The van der Waals surface area contributed by atoms with Crippen molar-refractivity contribution in [2.45, 2.75) is 26.3 Å². The number of nitro benzene ring substituents is 2. The number of nitrogens with zero attached hydrogens (tertiary/aromatic N) is 2. The standard InChI is InChI=1S/C16H15Cl2N3O5.H3O3P/c1-16(2,3)19-13-8-10(4-5-14(13)21(24)25)26-15-11(17)6-9(20(22)23)7-12(15)18;1-4(2)3/h4-8,19H,1-3H3;4H,(H2,1,2,3). The number of hydrogen-bond donors (Lipinski definition) is 3. The predicted octanol–water partition coefficient (Wildman–Crippen LogP) is 5.17. The minimum absolute atomic E-state index is 0.0227. The molecule has 0 aliphatic rings. The van der Waals surface area contributed by atoms with Crippen molar-refractivity contribution in [2.75, 3.05) is 5.32 Å². The Hall–Kier alpha value is -2.43. The quantitative estimate of drug-likeness (QED) is 0.296. The van der Waals surface area contributed by atoms with Crippen molar-refractivity contribution in [2.24, 2.45) is 0 Å². The summed E-state index contributed by atoms with van der Waals surface area (Å²) in [7, 11) is -3.13. The van der Waals surface area contributed by atoms with E-state index in [9.17, 15) is 20.2 Å². The zero-order chi connectivity index (χ0) is 23.2. The fraction of sp³-hybridized carbons (Fsp3) is 0.250. The first-order valence-electron chi connectivity index (χ1n) is 8.01. The number of rotatable bonds is 5. The minimum Gasteiger partial charge on any atom is -0.454 e. The maximum atomic E-state index is 11.2. The third-order valence-corrected chi connectivity index (χ3v) is 3.65. The molecule has 0 saturated heterocycles. The van der Waals surface area contributed by atoms with Gasteiger partial charge in [0, 0.05) is 29.8 Å². The zero-order valence-corrected chi connectivity index (χ0v) is 18.4. The molecule has 0 aliphatic carbocycles. The molecule has 0 fully saturated rings. The third-order valence-electron chi connectivity index (χ3n) is 3.09. The molecule has 3 N–H and O–H groups in total. The van der Waals surface area contributed by atoms with E-state index < -0.39 is 23.6 Å². The Balaban J connectivity index is 0.00000103. The Kier molecular flexibility index (Phi) is 9.01. The van der Waals surface area contributed by atoms with Crippen LogP contribution in [0.1, 0.15) is 20.8 Å². The van der Waals surface area contributed by atoms with E-state index in [0.29, 0.717) is 0 Å². The summed E-state index contributed by atoms with van der Waals surface area (Å²) in [5, 5.41) is 25.0. The van der Waals surface area contributed by atoms with E-state index in [1.807, 2.05) is 20.8 Å². The Bertz CT molecular complexity index is 954. The first kappa shape index (κ1) is 25.6. The van der Waals surface area contributed by atoms with E-state index in [4.69, 9.17) is 42.3 Å². The molecule has 0 aliphatic heterocycles. The van der Waals surface area contributed by atoms with Gasteiger partial charge in [-0.1, -0.05) is 23.2 Å². The van der Waals surface area contributed by atoms with Crippen LogP contribution in [0.15, 0.2) is 30.3 Å². The van der Waals surface area contributed by atoms with Gasteiger partial charge in [0.15, 0.2) is 5.75 Å². The lowest BCUT2D eigenvalue weighted by Gasteiger charge is -2.22. The van der Waals surface area contributed by atoms with Gasteiger partial charge < -0.3 is 19.8 Å². The molecule has 0 aromatic heterocycles. The van der Waals surface area contributed by atoms with Gasteiger partial charge >= 0.3 is 8.25 Å². The Morgan fingerprint density at radius 2 is 1.53 bits per heavy atom. The molecule has 0 unspecified atom stereocenters. The summed E-state index contributed by atoms with van der Waals surface area (Å²) < 4.78 is 14.4. The molecule has 14 heteroatoms. The van der Waals surface area contributed by atoms with Gasteiger partial charge in [0.1, 0.15) is 11.4 Å². The summed E-state index contributed by atoms with van der Waals surface area (Å²) in [5.41, 5.74) is -0.556. The molecule has 164 valence electrons. The van der Waals surface area contributed by atoms with Gasteiger partial charge in [-0.05, 0) is 26.8 Å². The number of hydrogen-bond acceptors (Lipinski definition) is 7. The average Bonchev–Trinajstić information content (AvgIpc) is 2.55. The van der Waals surface area contributed by atoms with Gasteiger partial charge in [-0.25, -0.2) is 0 Å². The molecule has 0 radical (unpaired) electrons. The van der Waals surface area contributed by atoms with E-state index >= 15 is 0 Å². The van der Waals surface area contributed by atoms with Crippen LogP contribution in [0, 0.1) is 20.2 Å². The molecule has 0 atom stereocenters. The van der Waals surface area contributed by atoms with Crippen LogP contribution in [-0.2, 0) is 4.57 Å². The van der Waals surface area contributed by atoms with Gasteiger partial charge in [0.2, 0.25) is 0 Å². The van der Waals surface area contributed by atoms with Crippen LogP contribution in [-0.4, -0.2) is 25.2 Å². The number of anilines is 1. The lowest BCUT2D eigenvalue weighted by atomic mass is 10.1. The van der Waals surface area contributed by atoms with E-state index in [-0.39, 0.29) is 38.6 Å². The molecule has 0 amide bonds. The van der Waals surface area contributed by atoms with Crippen molar-refractivity contribution in [1.29, 1.82) is 0 Å². The number of nitro groups is 2. The van der Waals surface area contributed by atoms with Crippen molar-refractivity contribution >= 4 is 48.5 Å². The van der Waals surface area contributed by atoms with Crippen LogP contribution in [0.2, 0.25) is 10.0 Å². The topological polar surface area (TPSA) is 165 Å². The maximum absolute atomic E-state index is 11.2. The Labute approximate surface area is 181 Å². The molecule has 2 aromatic carbocycles. The van der Waals surface area contributed by atoms with E-state index in [1.165, 1.54) is 18.2 Å². The van der Waals surface area contributed by atoms with Gasteiger partial charge in [0.05, 0.1) is 19.9 Å². The number of halogens is 2. The van der Waals surface area contributed by atoms with Crippen molar-refractivity contribution in [3.63, 3.8) is 0 Å². The third kappa shape index (κ3) is 8.13. The summed E-state index contributed by atoms with van der Waals surface area (Å²) in [6.45, 7) is 5.57. The highest BCUT2D eigenvalue weighted by Gasteiger charge is 2.21. The van der Waals surface area contributed by atoms with Crippen LogP contribution < -0.4 is 10.1 Å². The summed E-state index contributed by atoms with van der Waals surface area (Å²) in [6, 6.07) is 6.35. The highest BCUT2D eigenvalue weighted by Crippen LogP contribution is 2.41. The minimum atomic E-state index is -3.13. The second-order valence-corrected chi connectivity index (χ2v) is 8.07. The molecule has 2 rings (SSSR count). The van der Waals surface area contributed by atoms with Crippen LogP contribution in [0.25, 0.3) is 0 Å². The van der Waals surface area contributed by atoms with Crippen LogP contribution in [0.3, 0.4) is 0 Å². The second-order valence-electron chi connectivity index (χ2n) is 6.69. The maximum Gasteiger partial charge on any atom is 0.314 e. The van der Waals surface area contributed by atoms with Gasteiger partial charge in [-0.3, -0.25) is 24.8 Å². The fourth-order valence-electron chi connectivity index (χ4n) is 2.11. The lowest BCUT2D eigenvalue weighted by molar-refractivity contribution is -0.384. The highest BCUT2D eigenvalue weighted by atomic mass is 35.5. The predicted molar refractivity (Wildman–Crippen MR) is 113 cm³/mol. The zero-order valence-electron chi connectivity index (χ0n) is 15.9. The summed E-state index contributed by atoms with van der Waals surface area (Å²) in [4.78, 5) is 35.2.